The zero-order valence-corrected chi connectivity index (χ0v) is 12.9. The first kappa shape index (κ1) is 14.7. The highest BCUT2D eigenvalue weighted by atomic mass is 16.5. The number of rotatable bonds is 4. The van der Waals surface area contributed by atoms with Crippen molar-refractivity contribution in [1.82, 2.24) is 15.3 Å². The van der Waals surface area contributed by atoms with Crippen molar-refractivity contribution in [2.45, 2.75) is 56.7 Å². The average Bonchev–Trinajstić information content (AvgIpc) is 2.57. The summed E-state index contributed by atoms with van der Waals surface area (Å²) in [4.78, 5) is 11.1. The van der Waals surface area contributed by atoms with Gasteiger partial charge in [-0.15, -0.1) is 0 Å². The number of aromatic nitrogens is 2. The van der Waals surface area contributed by atoms with Gasteiger partial charge in [-0.1, -0.05) is 0 Å². The van der Waals surface area contributed by atoms with Gasteiger partial charge in [-0.05, 0) is 44.6 Å². The predicted octanol–water partition coefficient (Wildman–Crippen LogP) is 1.99. The highest BCUT2D eigenvalue weighted by Gasteiger charge is 2.26. The van der Waals surface area contributed by atoms with Crippen LogP contribution >= 0.6 is 0 Å². The largest absolute Gasteiger partial charge is 0.381 e. The lowest BCUT2D eigenvalue weighted by atomic mass is 9.91. The van der Waals surface area contributed by atoms with E-state index in [1.54, 1.807) is 0 Å². The SMILES string of the molecule is COC1CCC(NC2CCCN(c3ncccn3)C2)CC1. The maximum Gasteiger partial charge on any atom is 0.225 e. The standard InChI is InChI=1S/C16H26N4O/c1-21-15-7-5-13(6-8-15)19-14-4-2-11-20(12-14)16-17-9-3-10-18-16/h3,9-10,13-15,19H,2,4-8,11-12H2,1H3. The molecule has 116 valence electrons. The van der Waals surface area contributed by atoms with Crippen LogP contribution in [0.4, 0.5) is 5.95 Å². The van der Waals surface area contributed by atoms with Crippen molar-refractivity contribution >= 4 is 5.95 Å². The van der Waals surface area contributed by atoms with Crippen LogP contribution in [0.5, 0.6) is 0 Å². The Balaban J connectivity index is 1.50. The monoisotopic (exact) mass is 290 g/mol. The van der Waals surface area contributed by atoms with Gasteiger partial charge < -0.3 is 15.0 Å². The van der Waals surface area contributed by atoms with E-state index in [1.165, 1.54) is 38.5 Å². The second-order valence-electron chi connectivity index (χ2n) is 6.21. The molecule has 5 heteroatoms. The van der Waals surface area contributed by atoms with Crippen molar-refractivity contribution in [1.29, 1.82) is 0 Å². The van der Waals surface area contributed by atoms with Gasteiger partial charge in [0.1, 0.15) is 0 Å². The summed E-state index contributed by atoms with van der Waals surface area (Å²) in [6, 6.07) is 3.09. The molecule has 2 fully saturated rings. The number of ether oxygens (including phenoxy) is 1. The number of hydrogen-bond donors (Lipinski definition) is 1. The van der Waals surface area contributed by atoms with E-state index in [-0.39, 0.29) is 0 Å². The van der Waals surface area contributed by atoms with Crippen LogP contribution in [0, 0.1) is 0 Å². The first-order valence-corrected chi connectivity index (χ1v) is 8.16. The molecule has 0 radical (unpaired) electrons. The minimum atomic E-state index is 0.476. The van der Waals surface area contributed by atoms with Gasteiger partial charge in [-0.25, -0.2) is 9.97 Å². The maximum absolute atomic E-state index is 5.45. The van der Waals surface area contributed by atoms with Crippen LogP contribution in [-0.2, 0) is 4.74 Å². The first-order valence-electron chi connectivity index (χ1n) is 8.16. The molecule has 21 heavy (non-hydrogen) atoms. The van der Waals surface area contributed by atoms with E-state index in [2.05, 4.69) is 20.2 Å². The van der Waals surface area contributed by atoms with Crippen molar-refractivity contribution in [2.75, 3.05) is 25.1 Å². The van der Waals surface area contributed by atoms with Crippen LogP contribution in [0.25, 0.3) is 0 Å². The normalized spacial score (nSPS) is 30.3. The molecule has 0 spiro atoms. The second kappa shape index (κ2) is 7.18. The molecule has 1 saturated heterocycles. The summed E-state index contributed by atoms with van der Waals surface area (Å²) in [7, 11) is 1.83. The van der Waals surface area contributed by atoms with E-state index in [9.17, 15) is 0 Å². The van der Waals surface area contributed by atoms with Crippen molar-refractivity contribution < 1.29 is 4.74 Å². The molecule has 0 aromatic carbocycles. The Kier molecular flexibility index (Phi) is 5.04. The van der Waals surface area contributed by atoms with Crippen molar-refractivity contribution in [3.8, 4) is 0 Å². The van der Waals surface area contributed by atoms with Gasteiger partial charge in [0.05, 0.1) is 6.10 Å². The molecule has 1 aliphatic carbocycles. The Labute approximate surface area is 127 Å². The zero-order valence-electron chi connectivity index (χ0n) is 12.9. The third-order valence-corrected chi connectivity index (χ3v) is 4.74. The Morgan fingerprint density at radius 3 is 2.57 bits per heavy atom. The highest BCUT2D eigenvalue weighted by molar-refractivity contribution is 5.29. The average molecular weight is 290 g/mol. The van der Waals surface area contributed by atoms with Gasteiger partial charge in [-0.3, -0.25) is 0 Å². The minimum absolute atomic E-state index is 0.476. The number of methoxy groups -OCH3 is 1. The fourth-order valence-electron chi connectivity index (χ4n) is 3.55. The molecule has 1 saturated carbocycles. The number of hydrogen-bond acceptors (Lipinski definition) is 5. The van der Waals surface area contributed by atoms with E-state index in [0.29, 0.717) is 18.2 Å². The van der Waals surface area contributed by atoms with E-state index < -0.39 is 0 Å². The number of anilines is 1. The molecule has 0 bridgehead atoms. The molecule has 1 unspecified atom stereocenters. The van der Waals surface area contributed by atoms with Crippen molar-refractivity contribution in [3.63, 3.8) is 0 Å². The highest BCUT2D eigenvalue weighted by Crippen LogP contribution is 2.23. The summed E-state index contributed by atoms with van der Waals surface area (Å²) >= 11 is 0. The number of nitrogens with one attached hydrogen (secondary N) is 1. The van der Waals surface area contributed by atoms with E-state index >= 15 is 0 Å². The second-order valence-corrected chi connectivity index (χ2v) is 6.21. The molecular formula is C16H26N4O. The maximum atomic E-state index is 5.45. The van der Waals surface area contributed by atoms with Gasteiger partial charge in [0.15, 0.2) is 0 Å². The topological polar surface area (TPSA) is 50.3 Å². The third-order valence-electron chi connectivity index (χ3n) is 4.74. The van der Waals surface area contributed by atoms with Crippen LogP contribution in [-0.4, -0.2) is 48.4 Å². The van der Waals surface area contributed by atoms with Crippen LogP contribution in [0.15, 0.2) is 18.5 Å². The third kappa shape index (κ3) is 3.92. The summed E-state index contributed by atoms with van der Waals surface area (Å²) in [5.41, 5.74) is 0. The summed E-state index contributed by atoms with van der Waals surface area (Å²) in [6.45, 7) is 2.09. The summed E-state index contributed by atoms with van der Waals surface area (Å²) < 4.78 is 5.45. The Bertz CT molecular complexity index is 420. The number of piperidine rings is 1. The van der Waals surface area contributed by atoms with Gasteiger partial charge in [0, 0.05) is 44.7 Å². The molecule has 2 heterocycles. The van der Waals surface area contributed by atoms with Crippen LogP contribution in [0.1, 0.15) is 38.5 Å². The van der Waals surface area contributed by atoms with Crippen molar-refractivity contribution in [2.24, 2.45) is 0 Å². The summed E-state index contributed by atoms with van der Waals surface area (Å²) in [5, 5.41) is 3.85. The number of nitrogens with zero attached hydrogens (tertiary/aromatic N) is 3. The van der Waals surface area contributed by atoms with Gasteiger partial charge in [0.25, 0.3) is 0 Å². The molecule has 5 nitrogen and oxygen atoms in total. The fraction of sp³-hybridized carbons (Fsp3) is 0.750. The molecular weight excluding hydrogens is 264 g/mol. The predicted molar refractivity (Wildman–Crippen MR) is 83.5 cm³/mol. The quantitative estimate of drug-likeness (QED) is 0.919. The summed E-state index contributed by atoms with van der Waals surface area (Å²) in [5.74, 6) is 0.868. The minimum Gasteiger partial charge on any atom is -0.381 e. The fourth-order valence-corrected chi connectivity index (χ4v) is 3.55. The lowest BCUT2D eigenvalue weighted by Crippen LogP contribution is -2.50. The molecule has 1 aromatic rings. The lowest BCUT2D eigenvalue weighted by Gasteiger charge is -2.37. The summed E-state index contributed by atoms with van der Waals surface area (Å²) in [6.07, 6.45) is 11.4. The lowest BCUT2D eigenvalue weighted by molar-refractivity contribution is 0.0608. The van der Waals surface area contributed by atoms with E-state index in [1.807, 2.05) is 25.6 Å². The Hall–Kier alpha value is -1.20. The van der Waals surface area contributed by atoms with E-state index in [0.717, 1.165) is 19.0 Å². The molecule has 1 N–H and O–H groups in total. The van der Waals surface area contributed by atoms with Crippen LogP contribution < -0.4 is 10.2 Å². The van der Waals surface area contributed by atoms with Crippen LogP contribution in [0.2, 0.25) is 0 Å². The smallest absolute Gasteiger partial charge is 0.225 e. The van der Waals surface area contributed by atoms with Crippen LogP contribution in [0.3, 0.4) is 0 Å². The molecule has 1 atom stereocenters. The molecule has 1 aromatic heterocycles. The van der Waals surface area contributed by atoms with Crippen molar-refractivity contribution in [3.05, 3.63) is 18.5 Å². The Morgan fingerprint density at radius 1 is 1.10 bits per heavy atom. The van der Waals surface area contributed by atoms with Gasteiger partial charge in [0.2, 0.25) is 5.95 Å². The molecule has 0 amide bonds. The molecule has 3 rings (SSSR count). The first-order chi connectivity index (χ1) is 10.3. The molecule has 2 aliphatic rings. The Morgan fingerprint density at radius 2 is 1.86 bits per heavy atom. The van der Waals surface area contributed by atoms with E-state index in [4.69, 9.17) is 4.74 Å². The van der Waals surface area contributed by atoms with Gasteiger partial charge in [-0.2, -0.15) is 0 Å². The molecule has 1 aliphatic heterocycles. The zero-order chi connectivity index (χ0) is 14.5. The van der Waals surface area contributed by atoms with Gasteiger partial charge >= 0.3 is 0 Å².